The van der Waals surface area contributed by atoms with Crippen LogP contribution in [0, 0.1) is 0 Å². The maximum absolute atomic E-state index is 5.39. The largest absolute Gasteiger partial charge is 0.378 e. The molecule has 2 aromatic rings. The summed E-state index contributed by atoms with van der Waals surface area (Å²) >= 11 is 0. The van der Waals surface area contributed by atoms with Crippen molar-refractivity contribution in [1.29, 1.82) is 0 Å². The van der Waals surface area contributed by atoms with Crippen molar-refractivity contribution in [3.8, 4) is 0 Å². The van der Waals surface area contributed by atoms with Crippen molar-refractivity contribution in [2.75, 3.05) is 31.2 Å². The summed E-state index contributed by atoms with van der Waals surface area (Å²) in [4.78, 5) is 2.39. The Morgan fingerprint density at radius 1 is 0.750 bits per heavy atom. The van der Waals surface area contributed by atoms with Crippen LogP contribution in [0.3, 0.4) is 0 Å². The van der Waals surface area contributed by atoms with Gasteiger partial charge in [-0.15, -0.1) is 0 Å². The molecule has 0 bridgehead atoms. The lowest BCUT2D eigenvalue weighted by Crippen LogP contribution is -2.36. The van der Waals surface area contributed by atoms with Crippen LogP contribution in [-0.4, -0.2) is 26.3 Å². The molecule has 0 radical (unpaired) electrons. The van der Waals surface area contributed by atoms with E-state index in [1.807, 2.05) is 0 Å². The minimum Gasteiger partial charge on any atom is -0.378 e. The minimum atomic E-state index is 0.843. The molecule has 1 aliphatic heterocycles. The molecule has 104 valence electrons. The van der Waals surface area contributed by atoms with E-state index in [1.54, 1.807) is 0 Å². The van der Waals surface area contributed by atoms with Gasteiger partial charge < -0.3 is 9.64 Å². The molecule has 0 unspecified atom stereocenters. The van der Waals surface area contributed by atoms with E-state index < -0.39 is 0 Å². The van der Waals surface area contributed by atoms with Crippen LogP contribution in [0.1, 0.15) is 11.1 Å². The van der Waals surface area contributed by atoms with Gasteiger partial charge in [-0.05, 0) is 36.1 Å². The van der Waals surface area contributed by atoms with Crippen LogP contribution in [0.25, 0.3) is 0 Å². The first-order valence-corrected chi connectivity index (χ1v) is 7.37. The average molecular weight is 267 g/mol. The summed E-state index contributed by atoms with van der Waals surface area (Å²) in [6.07, 6.45) is 2.21. The first kappa shape index (κ1) is 13.2. The summed E-state index contributed by atoms with van der Waals surface area (Å²) in [5.74, 6) is 0. The monoisotopic (exact) mass is 267 g/mol. The van der Waals surface area contributed by atoms with E-state index in [1.165, 1.54) is 16.8 Å². The van der Waals surface area contributed by atoms with Gasteiger partial charge in [0.1, 0.15) is 0 Å². The summed E-state index contributed by atoms with van der Waals surface area (Å²) in [7, 11) is 0. The molecule has 0 aliphatic carbocycles. The highest BCUT2D eigenvalue weighted by Gasteiger charge is 2.10. The highest BCUT2D eigenvalue weighted by atomic mass is 16.5. The second-order valence-electron chi connectivity index (χ2n) is 5.25. The Labute approximate surface area is 121 Å². The van der Waals surface area contributed by atoms with Gasteiger partial charge in [0.2, 0.25) is 0 Å². The van der Waals surface area contributed by atoms with Crippen molar-refractivity contribution in [1.82, 2.24) is 0 Å². The van der Waals surface area contributed by atoms with Crippen molar-refractivity contribution in [3.63, 3.8) is 0 Å². The lowest BCUT2D eigenvalue weighted by molar-refractivity contribution is 0.122. The number of benzene rings is 2. The zero-order valence-electron chi connectivity index (χ0n) is 11.8. The second-order valence-corrected chi connectivity index (χ2v) is 5.25. The third kappa shape index (κ3) is 3.40. The molecule has 20 heavy (non-hydrogen) atoms. The Bertz CT molecular complexity index is 515. The molecular weight excluding hydrogens is 246 g/mol. The third-order valence-corrected chi connectivity index (χ3v) is 3.86. The Hall–Kier alpha value is -1.80. The van der Waals surface area contributed by atoms with E-state index >= 15 is 0 Å². The third-order valence-electron chi connectivity index (χ3n) is 3.86. The maximum atomic E-state index is 5.39. The van der Waals surface area contributed by atoms with Crippen molar-refractivity contribution < 1.29 is 4.74 Å². The fourth-order valence-corrected chi connectivity index (χ4v) is 2.63. The van der Waals surface area contributed by atoms with Gasteiger partial charge in [0.25, 0.3) is 0 Å². The van der Waals surface area contributed by atoms with Gasteiger partial charge >= 0.3 is 0 Å². The predicted molar refractivity (Wildman–Crippen MR) is 83.3 cm³/mol. The number of hydrogen-bond donors (Lipinski definition) is 0. The van der Waals surface area contributed by atoms with Crippen LogP contribution in [0.4, 0.5) is 5.69 Å². The molecule has 0 atom stereocenters. The Morgan fingerprint density at radius 3 is 2.00 bits per heavy atom. The Kier molecular flexibility index (Phi) is 4.34. The SMILES string of the molecule is c1ccc(CCc2ccc(N3CCOCC3)cc2)cc1. The molecule has 1 heterocycles. The molecule has 1 saturated heterocycles. The number of hydrogen-bond acceptors (Lipinski definition) is 2. The summed E-state index contributed by atoms with van der Waals surface area (Å²) in [6, 6.07) is 19.7. The van der Waals surface area contributed by atoms with Gasteiger partial charge in [0, 0.05) is 18.8 Å². The maximum Gasteiger partial charge on any atom is 0.0642 e. The highest BCUT2D eigenvalue weighted by molar-refractivity contribution is 5.48. The van der Waals surface area contributed by atoms with E-state index in [4.69, 9.17) is 4.74 Å². The van der Waals surface area contributed by atoms with Gasteiger partial charge in [-0.25, -0.2) is 0 Å². The highest BCUT2D eigenvalue weighted by Crippen LogP contribution is 2.17. The fourth-order valence-electron chi connectivity index (χ4n) is 2.63. The Morgan fingerprint density at radius 2 is 1.35 bits per heavy atom. The first-order valence-electron chi connectivity index (χ1n) is 7.37. The lowest BCUT2D eigenvalue weighted by Gasteiger charge is -2.28. The predicted octanol–water partition coefficient (Wildman–Crippen LogP) is 3.31. The topological polar surface area (TPSA) is 12.5 Å². The molecule has 2 nitrogen and oxygen atoms in total. The Balaban J connectivity index is 1.58. The van der Waals surface area contributed by atoms with Gasteiger partial charge in [-0.1, -0.05) is 42.5 Å². The number of morpholine rings is 1. The van der Waals surface area contributed by atoms with Crippen molar-refractivity contribution >= 4 is 5.69 Å². The summed E-state index contributed by atoms with van der Waals surface area (Å²) in [5, 5.41) is 0. The second kappa shape index (κ2) is 6.58. The van der Waals surface area contributed by atoms with E-state index in [0.717, 1.165) is 39.1 Å². The van der Waals surface area contributed by atoms with Gasteiger partial charge in [-0.3, -0.25) is 0 Å². The van der Waals surface area contributed by atoms with E-state index in [2.05, 4.69) is 59.5 Å². The van der Waals surface area contributed by atoms with Crippen LogP contribution in [0.15, 0.2) is 54.6 Å². The zero-order chi connectivity index (χ0) is 13.6. The number of aryl methyl sites for hydroxylation is 2. The number of rotatable bonds is 4. The van der Waals surface area contributed by atoms with Gasteiger partial charge in [0.05, 0.1) is 13.2 Å². The number of anilines is 1. The molecule has 0 amide bonds. The first-order chi connectivity index (χ1) is 9.92. The molecule has 0 aromatic heterocycles. The van der Waals surface area contributed by atoms with E-state index in [0.29, 0.717) is 0 Å². The van der Waals surface area contributed by atoms with Gasteiger partial charge in [0.15, 0.2) is 0 Å². The van der Waals surface area contributed by atoms with Crippen molar-refractivity contribution in [2.45, 2.75) is 12.8 Å². The smallest absolute Gasteiger partial charge is 0.0642 e. The summed E-state index contributed by atoms with van der Waals surface area (Å²) < 4.78 is 5.39. The molecule has 1 fully saturated rings. The molecule has 0 spiro atoms. The number of ether oxygens (including phenoxy) is 1. The van der Waals surface area contributed by atoms with Crippen LogP contribution in [0.5, 0.6) is 0 Å². The molecule has 0 N–H and O–H groups in total. The molecule has 2 heteroatoms. The van der Waals surface area contributed by atoms with Crippen LogP contribution >= 0.6 is 0 Å². The van der Waals surface area contributed by atoms with Crippen LogP contribution in [-0.2, 0) is 17.6 Å². The minimum absolute atomic E-state index is 0.843. The molecular formula is C18H21NO. The molecule has 2 aromatic carbocycles. The van der Waals surface area contributed by atoms with Gasteiger partial charge in [-0.2, -0.15) is 0 Å². The van der Waals surface area contributed by atoms with Crippen LogP contribution < -0.4 is 4.90 Å². The molecule has 1 aliphatic rings. The van der Waals surface area contributed by atoms with Crippen LogP contribution in [0.2, 0.25) is 0 Å². The van der Waals surface area contributed by atoms with Crippen molar-refractivity contribution in [2.24, 2.45) is 0 Å². The average Bonchev–Trinajstić information content (AvgIpc) is 2.55. The quantitative estimate of drug-likeness (QED) is 0.842. The van der Waals surface area contributed by atoms with Crippen molar-refractivity contribution in [3.05, 3.63) is 65.7 Å². The summed E-state index contributed by atoms with van der Waals surface area (Å²) in [5.41, 5.74) is 4.13. The zero-order valence-corrected chi connectivity index (χ0v) is 11.8. The molecule has 0 saturated carbocycles. The van der Waals surface area contributed by atoms with E-state index in [9.17, 15) is 0 Å². The van der Waals surface area contributed by atoms with E-state index in [-0.39, 0.29) is 0 Å². The lowest BCUT2D eigenvalue weighted by atomic mass is 10.0. The normalized spacial score (nSPS) is 15.3. The summed E-state index contributed by atoms with van der Waals surface area (Å²) in [6.45, 7) is 3.69. The standard InChI is InChI=1S/C18H21NO/c1-2-4-16(5-3-1)6-7-17-8-10-18(11-9-17)19-12-14-20-15-13-19/h1-5,8-11H,6-7,12-15H2. The molecule has 3 rings (SSSR count). The number of nitrogens with zero attached hydrogens (tertiary/aromatic N) is 1. The fraction of sp³-hybridized carbons (Fsp3) is 0.333.